The van der Waals surface area contributed by atoms with Crippen molar-refractivity contribution in [3.8, 4) is 5.75 Å². The molecule has 3 amide bonds. The van der Waals surface area contributed by atoms with E-state index in [4.69, 9.17) is 11.6 Å². The van der Waals surface area contributed by atoms with Crippen molar-refractivity contribution in [3.05, 3.63) is 47.5 Å². The first kappa shape index (κ1) is 25.4. The Balaban J connectivity index is 1.67. The van der Waals surface area contributed by atoms with E-state index in [0.29, 0.717) is 17.1 Å². The zero-order chi connectivity index (χ0) is 25.0. The van der Waals surface area contributed by atoms with Crippen molar-refractivity contribution in [1.29, 1.82) is 0 Å². The number of anilines is 3. The van der Waals surface area contributed by atoms with Gasteiger partial charge in [0.25, 0.3) is 0 Å². The molecule has 0 bridgehead atoms. The van der Waals surface area contributed by atoms with Gasteiger partial charge in [-0.2, -0.15) is 8.78 Å². The van der Waals surface area contributed by atoms with Gasteiger partial charge in [-0.25, -0.2) is 0 Å². The molecule has 34 heavy (non-hydrogen) atoms. The maximum absolute atomic E-state index is 13.2. The number of benzene rings is 2. The summed E-state index contributed by atoms with van der Waals surface area (Å²) in [4.78, 5) is 41.2. The number of ether oxygens (including phenoxy) is 1. The van der Waals surface area contributed by atoms with E-state index in [1.54, 1.807) is 55.0 Å². The van der Waals surface area contributed by atoms with E-state index in [9.17, 15) is 23.2 Å². The molecule has 1 aliphatic rings. The number of hydrogen-bond donors (Lipinski definition) is 2. The van der Waals surface area contributed by atoms with Gasteiger partial charge in [-0.3, -0.25) is 19.3 Å². The molecule has 2 aromatic carbocycles. The van der Waals surface area contributed by atoms with Crippen LogP contribution >= 0.6 is 11.6 Å². The predicted octanol–water partition coefficient (Wildman–Crippen LogP) is 3.96. The zero-order valence-corrected chi connectivity index (χ0v) is 19.6. The van der Waals surface area contributed by atoms with Crippen LogP contribution in [0.1, 0.15) is 20.3 Å². The van der Waals surface area contributed by atoms with Crippen molar-refractivity contribution in [2.24, 2.45) is 0 Å². The Morgan fingerprint density at radius 1 is 1.29 bits per heavy atom. The van der Waals surface area contributed by atoms with E-state index in [-0.39, 0.29) is 41.6 Å². The Morgan fingerprint density at radius 3 is 2.68 bits per heavy atom. The topological polar surface area (TPSA) is 91.0 Å². The van der Waals surface area contributed by atoms with E-state index in [0.717, 1.165) is 0 Å². The molecular weight excluding hydrogens is 470 g/mol. The number of rotatable bonds is 7. The van der Waals surface area contributed by atoms with Crippen LogP contribution < -0.4 is 20.3 Å². The molecule has 0 aliphatic carbocycles. The summed E-state index contributed by atoms with van der Waals surface area (Å²) in [7, 11) is 1.63. The van der Waals surface area contributed by atoms with Crippen LogP contribution in [0, 0.1) is 0 Å². The molecule has 3 rings (SSSR count). The number of nitrogens with one attached hydrogen (secondary N) is 2. The normalized spacial score (nSPS) is 16.5. The molecule has 0 radical (unpaired) electrons. The van der Waals surface area contributed by atoms with Crippen molar-refractivity contribution in [2.75, 3.05) is 29.1 Å². The standard InChI is InChI=1S/C23H25ClF2N4O4/c1-13-10-20(31)28-17-6-4-5-7-18(17)30(13)21(32)12-29(3)14(2)22(33)27-15-8-9-19(16(24)11-15)34-23(25)26/h4-9,11,13-14,23H,10,12H2,1-3H3,(H,27,33)(H,28,31)/t13-,14+/m1/s1. The third kappa shape index (κ3) is 6.00. The molecule has 0 unspecified atom stereocenters. The summed E-state index contributed by atoms with van der Waals surface area (Å²) in [5.41, 5.74) is 1.44. The third-order valence-corrected chi connectivity index (χ3v) is 5.76. The molecule has 0 saturated carbocycles. The highest BCUT2D eigenvalue weighted by atomic mass is 35.5. The van der Waals surface area contributed by atoms with Gasteiger partial charge in [0.1, 0.15) is 5.75 Å². The van der Waals surface area contributed by atoms with Crippen molar-refractivity contribution in [2.45, 2.75) is 39.0 Å². The SMILES string of the molecule is C[C@@H]1CC(=O)Nc2ccccc2N1C(=O)CN(C)[C@@H](C)C(=O)Nc1ccc(OC(F)F)c(Cl)c1. The third-order valence-electron chi connectivity index (χ3n) is 5.47. The summed E-state index contributed by atoms with van der Waals surface area (Å²) in [5, 5.41) is 5.38. The number of carbonyl (C=O) groups is 3. The van der Waals surface area contributed by atoms with Gasteiger partial charge in [-0.05, 0) is 51.2 Å². The van der Waals surface area contributed by atoms with Crippen molar-refractivity contribution >= 4 is 46.4 Å². The second kappa shape index (κ2) is 10.8. The zero-order valence-electron chi connectivity index (χ0n) is 18.8. The second-order valence-electron chi connectivity index (χ2n) is 7.99. The predicted molar refractivity (Wildman–Crippen MR) is 125 cm³/mol. The van der Waals surface area contributed by atoms with Gasteiger partial charge >= 0.3 is 6.61 Å². The molecule has 182 valence electrons. The highest BCUT2D eigenvalue weighted by molar-refractivity contribution is 6.32. The number of para-hydroxylation sites is 2. The lowest BCUT2D eigenvalue weighted by molar-refractivity contribution is -0.123. The van der Waals surface area contributed by atoms with Gasteiger partial charge in [0, 0.05) is 18.2 Å². The quantitative estimate of drug-likeness (QED) is 0.608. The molecule has 2 atom stereocenters. The van der Waals surface area contributed by atoms with Gasteiger partial charge in [0.2, 0.25) is 17.7 Å². The molecule has 11 heteroatoms. The van der Waals surface area contributed by atoms with Crippen molar-refractivity contribution in [3.63, 3.8) is 0 Å². The van der Waals surface area contributed by atoms with E-state index in [2.05, 4.69) is 15.4 Å². The van der Waals surface area contributed by atoms with E-state index in [1.165, 1.54) is 18.2 Å². The highest BCUT2D eigenvalue weighted by Gasteiger charge is 2.31. The smallest absolute Gasteiger partial charge is 0.387 e. The Morgan fingerprint density at radius 2 is 2.00 bits per heavy atom. The monoisotopic (exact) mass is 494 g/mol. The minimum absolute atomic E-state index is 0.0775. The van der Waals surface area contributed by atoms with Crippen LogP contribution in [-0.4, -0.2) is 54.9 Å². The van der Waals surface area contributed by atoms with E-state index < -0.39 is 18.6 Å². The van der Waals surface area contributed by atoms with Gasteiger partial charge < -0.3 is 20.3 Å². The lowest BCUT2D eigenvalue weighted by Gasteiger charge is -2.31. The lowest BCUT2D eigenvalue weighted by Crippen LogP contribution is -2.48. The Bertz CT molecular complexity index is 1080. The number of likely N-dealkylation sites (N-methyl/N-ethyl adjacent to an activating group) is 1. The number of carbonyl (C=O) groups excluding carboxylic acids is 3. The summed E-state index contributed by atoms with van der Waals surface area (Å²) in [5.74, 6) is -1.07. The van der Waals surface area contributed by atoms with Crippen molar-refractivity contribution in [1.82, 2.24) is 4.90 Å². The van der Waals surface area contributed by atoms with Crippen LogP contribution in [0.5, 0.6) is 5.75 Å². The van der Waals surface area contributed by atoms with Crippen molar-refractivity contribution < 1.29 is 27.9 Å². The Kier molecular flexibility index (Phi) is 8.06. The number of amides is 3. The molecule has 8 nitrogen and oxygen atoms in total. The van der Waals surface area contributed by atoms with Crippen LogP contribution in [0.15, 0.2) is 42.5 Å². The van der Waals surface area contributed by atoms with Crippen LogP contribution in [0.2, 0.25) is 5.02 Å². The first-order chi connectivity index (χ1) is 16.1. The molecular formula is C23H25ClF2N4O4. The molecule has 0 spiro atoms. The van der Waals surface area contributed by atoms with Crippen LogP contribution in [-0.2, 0) is 14.4 Å². The minimum Gasteiger partial charge on any atom is -0.433 e. The van der Waals surface area contributed by atoms with Crippen LogP contribution in [0.3, 0.4) is 0 Å². The molecule has 2 aromatic rings. The first-order valence-corrected chi connectivity index (χ1v) is 10.9. The first-order valence-electron chi connectivity index (χ1n) is 10.5. The summed E-state index contributed by atoms with van der Waals surface area (Å²) >= 11 is 5.93. The van der Waals surface area contributed by atoms with Crippen LogP contribution in [0.4, 0.5) is 25.8 Å². The summed E-state index contributed by atoms with van der Waals surface area (Å²) < 4.78 is 29.1. The lowest BCUT2D eigenvalue weighted by atomic mass is 10.1. The average Bonchev–Trinajstić information content (AvgIpc) is 2.88. The largest absolute Gasteiger partial charge is 0.433 e. The number of fused-ring (bicyclic) bond motifs is 1. The molecule has 0 aromatic heterocycles. The summed E-state index contributed by atoms with van der Waals surface area (Å²) in [6.45, 7) is 0.324. The van der Waals surface area contributed by atoms with Gasteiger partial charge in [-0.15, -0.1) is 0 Å². The highest BCUT2D eigenvalue weighted by Crippen LogP contribution is 2.32. The molecule has 1 heterocycles. The maximum Gasteiger partial charge on any atom is 0.387 e. The Hall–Kier alpha value is -3.24. The fraction of sp³-hybridized carbons (Fsp3) is 0.348. The number of halogens is 3. The van der Waals surface area contributed by atoms with Gasteiger partial charge in [0.05, 0.1) is 29.0 Å². The minimum atomic E-state index is -3.02. The molecule has 2 N–H and O–H groups in total. The fourth-order valence-corrected chi connectivity index (χ4v) is 3.84. The number of nitrogens with zero attached hydrogens (tertiary/aromatic N) is 2. The maximum atomic E-state index is 13.2. The number of alkyl halides is 2. The second-order valence-corrected chi connectivity index (χ2v) is 8.39. The van der Waals surface area contributed by atoms with E-state index >= 15 is 0 Å². The molecule has 0 saturated heterocycles. The average molecular weight is 495 g/mol. The van der Waals surface area contributed by atoms with Crippen LogP contribution in [0.25, 0.3) is 0 Å². The van der Waals surface area contributed by atoms with Gasteiger partial charge in [-0.1, -0.05) is 23.7 Å². The van der Waals surface area contributed by atoms with E-state index in [1.807, 2.05) is 0 Å². The Labute approximate surface area is 200 Å². The summed E-state index contributed by atoms with van der Waals surface area (Å²) in [6.07, 6.45) is 0.145. The summed E-state index contributed by atoms with van der Waals surface area (Å²) in [6, 6.07) is 9.89. The molecule has 1 aliphatic heterocycles. The van der Waals surface area contributed by atoms with Gasteiger partial charge in [0.15, 0.2) is 0 Å². The number of hydrogen-bond acceptors (Lipinski definition) is 5. The molecule has 0 fully saturated rings. The fourth-order valence-electron chi connectivity index (χ4n) is 3.61.